The van der Waals surface area contributed by atoms with Crippen molar-refractivity contribution in [3.05, 3.63) is 68.5 Å². The van der Waals surface area contributed by atoms with Crippen molar-refractivity contribution in [3.8, 4) is 0 Å². The molecule has 0 spiro atoms. The third-order valence-corrected chi connectivity index (χ3v) is 3.73. The van der Waals surface area contributed by atoms with E-state index in [1.54, 1.807) is 0 Å². The number of carbonyl (C=O) groups is 1. The number of rotatable bonds is 4. The molecule has 0 unspecified atom stereocenters. The van der Waals surface area contributed by atoms with Crippen LogP contribution in [-0.2, 0) is 13.2 Å². The predicted octanol–water partition coefficient (Wildman–Crippen LogP) is 2.85. The zero-order chi connectivity index (χ0) is 14.5. The monoisotopic (exact) mass is 385 g/mol. The molecule has 0 heterocycles. The summed E-state index contributed by atoms with van der Waals surface area (Å²) in [6, 6.07) is 11.4. The Hall–Kier alpha value is -1.47. The number of hydrogen-bond acceptors (Lipinski definition) is 2. The van der Waals surface area contributed by atoms with Crippen LogP contribution in [0.2, 0.25) is 0 Å². The second-order valence-corrected chi connectivity index (χ2v) is 5.44. The van der Waals surface area contributed by atoms with E-state index in [0.717, 1.165) is 11.1 Å². The van der Waals surface area contributed by atoms with Crippen LogP contribution in [0.25, 0.3) is 0 Å². The third-order valence-electron chi connectivity index (χ3n) is 2.83. The Morgan fingerprint density at radius 1 is 1.15 bits per heavy atom. The standard InChI is InChI=1S/C15H13FINO2/c16-12-5-6-13(14(17)7-12)15(20)18-8-10-1-3-11(9-19)4-2-10/h1-7,19H,8-9H2,(H,18,20). The number of carbonyl (C=O) groups excluding carboxylic acids is 1. The average Bonchev–Trinajstić information content (AvgIpc) is 2.45. The largest absolute Gasteiger partial charge is 0.392 e. The number of amides is 1. The number of aliphatic hydroxyl groups is 1. The molecule has 2 aromatic rings. The predicted molar refractivity (Wildman–Crippen MR) is 82.7 cm³/mol. The summed E-state index contributed by atoms with van der Waals surface area (Å²) in [5.41, 5.74) is 2.22. The fourth-order valence-electron chi connectivity index (χ4n) is 1.71. The molecular formula is C15H13FINO2. The van der Waals surface area contributed by atoms with Crippen LogP contribution < -0.4 is 5.32 Å². The quantitative estimate of drug-likeness (QED) is 0.796. The molecule has 0 saturated carbocycles. The maximum absolute atomic E-state index is 13.0. The van der Waals surface area contributed by atoms with Gasteiger partial charge in [0.05, 0.1) is 12.2 Å². The molecule has 104 valence electrons. The summed E-state index contributed by atoms with van der Waals surface area (Å²) in [6.07, 6.45) is 0. The highest BCUT2D eigenvalue weighted by atomic mass is 127. The smallest absolute Gasteiger partial charge is 0.252 e. The summed E-state index contributed by atoms with van der Waals surface area (Å²) >= 11 is 1.94. The summed E-state index contributed by atoms with van der Waals surface area (Å²) < 4.78 is 13.6. The van der Waals surface area contributed by atoms with Gasteiger partial charge in [-0.25, -0.2) is 4.39 Å². The van der Waals surface area contributed by atoms with Gasteiger partial charge in [0.1, 0.15) is 5.82 Å². The lowest BCUT2D eigenvalue weighted by Crippen LogP contribution is -2.23. The Kier molecular flexibility index (Phi) is 5.08. The average molecular weight is 385 g/mol. The Bertz CT molecular complexity index is 614. The number of hydrogen-bond donors (Lipinski definition) is 2. The molecule has 0 fully saturated rings. The lowest BCUT2D eigenvalue weighted by atomic mass is 10.1. The van der Waals surface area contributed by atoms with Crippen molar-refractivity contribution in [3.63, 3.8) is 0 Å². The number of nitrogens with one attached hydrogen (secondary N) is 1. The Morgan fingerprint density at radius 3 is 2.40 bits per heavy atom. The molecule has 2 rings (SSSR count). The van der Waals surface area contributed by atoms with E-state index in [2.05, 4.69) is 5.32 Å². The van der Waals surface area contributed by atoms with E-state index in [1.165, 1.54) is 18.2 Å². The van der Waals surface area contributed by atoms with Crippen LogP contribution in [-0.4, -0.2) is 11.0 Å². The van der Waals surface area contributed by atoms with Crippen molar-refractivity contribution < 1.29 is 14.3 Å². The molecule has 20 heavy (non-hydrogen) atoms. The lowest BCUT2D eigenvalue weighted by Gasteiger charge is -2.07. The van der Waals surface area contributed by atoms with Gasteiger partial charge in [-0.2, -0.15) is 0 Å². The van der Waals surface area contributed by atoms with Crippen molar-refractivity contribution in [2.75, 3.05) is 0 Å². The Labute approximate surface area is 130 Å². The van der Waals surface area contributed by atoms with Gasteiger partial charge >= 0.3 is 0 Å². The van der Waals surface area contributed by atoms with E-state index in [4.69, 9.17) is 5.11 Å². The van der Waals surface area contributed by atoms with E-state index in [1.807, 2.05) is 46.9 Å². The topological polar surface area (TPSA) is 49.3 Å². The van der Waals surface area contributed by atoms with Gasteiger partial charge in [-0.05, 0) is 51.9 Å². The molecule has 0 aliphatic carbocycles. The van der Waals surface area contributed by atoms with Gasteiger partial charge in [0.2, 0.25) is 0 Å². The minimum absolute atomic E-state index is 0.000410. The normalized spacial score (nSPS) is 10.3. The number of benzene rings is 2. The molecule has 0 bridgehead atoms. The maximum Gasteiger partial charge on any atom is 0.252 e. The number of halogens is 2. The third kappa shape index (κ3) is 3.77. The van der Waals surface area contributed by atoms with Gasteiger partial charge in [0, 0.05) is 10.1 Å². The maximum atomic E-state index is 13.0. The molecule has 5 heteroatoms. The van der Waals surface area contributed by atoms with Gasteiger partial charge in [-0.3, -0.25) is 4.79 Å². The molecule has 1 amide bonds. The second kappa shape index (κ2) is 6.81. The summed E-state index contributed by atoms with van der Waals surface area (Å²) in [4.78, 5) is 12.0. The summed E-state index contributed by atoms with van der Waals surface area (Å²) in [5.74, 6) is -0.592. The van der Waals surface area contributed by atoms with E-state index >= 15 is 0 Å². The number of aliphatic hydroxyl groups excluding tert-OH is 1. The molecule has 0 saturated heterocycles. The summed E-state index contributed by atoms with van der Waals surface area (Å²) in [5, 5.41) is 11.7. The molecule has 0 atom stereocenters. The highest BCUT2D eigenvalue weighted by Gasteiger charge is 2.10. The lowest BCUT2D eigenvalue weighted by molar-refractivity contribution is 0.0950. The van der Waals surface area contributed by atoms with E-state index in [9.17, 15) is 9.18 Å². The SMILES string of the molecule is O=C(NCc1ccc(CO)cc1)c1ccc(F)cc1I. The molecule has 2 N–H and O–H groups in total. The van der Waals surface area contributed by atoms with Crippen LogP contribution >= 0.6 is 22.6 Å². The summed E-state index contributed by atoms with van der Waals surface area (Å²) in [7, 11) is 0. The Balaban J connectivity index is 2.00. The van der Waals surface area contributed by atoms with Crippen molar-refractivity contribution in [1.82, 2.24) is 5.32 Å². The fourth-order valence-corrected chi connectivity index (χ4v) is 2.44. The van der Waals surface area contributed by atoms with Crippen LogP contribution in [0.3, 0.4) is 0 Å². The van der Waals surface area contributed by atoms with Crippen molar-refractivity contribution in [2.45, 2.75) is 13.2 Å². The molecule has 0 aromatic heterocycles. The van der Waals surface area contributed by atoms with Gasteiger partial charge in [-0.15, -0.1) is 0 Å². The minimum atomic E-state index is -0.356. The molecule has 2 aromatic carbocycles. The van der Waals surface area contributed by atoms with Gasteiger partial charge < -0.3 is 10.4 Å². The molecule has 0 radical (unpaired) electrons. The fraction of sp³-hybridized carbons (Fsp3) is 0.133. The van der Waals surface area contributed by atoms with Crippen LogP contribution in [0.4, 0.5) is 4.39 Å². The van der Waals surface area contributed by atoms with Crippen molar-refractivity contribution in [1.29, 1.82) is 0 Å². The van der Waals surface area contributed by atoms with Gasteiger partial charge in [0.15, 0.2) is 0 Å². The first-order chi connectivity index (χ1) is 9.60. The molecule has 3 nitrogen and oxygen atoms in total. The van der Waals surface area contributed by atoms with Gasteiger partial charge in [-0.1, -0.05) is 24.3 Å². The zero-order valence-electron chi connectivity index (χ0n) is 10.6. The molecular weight excluding hydrogens is 372 g/mol. The minimum Gasteiger partial charge on any atom is -0.392 e. The first-order valence-electron chi connectivity index (χ1n) is 6.02. The van der Waals surface area contributed by atoms with Crippen LogP contribution in [0, 0.1) is 9.39 Å². The second-order valence-electron chi connectivity index (χ2n) is 4.28. The Morgan fingerprint density at radius 2 is 1.80 bits per heavy atom. The van der Waals surface area contributed by atoms with Crippen LogP contribution in [0.1, 0.15) is 21.5 Å². The highest BCUT2D eigenvalue weighted by Crippen LogP contribution is 2.14. The van der Waals surface area contributed by atoms with E-state index in [-0.39, 0.29) is 18.3 Å². The summed E-state index contributed by atoms with van der Waals surface area (Å²) in [6.45, 7) is 0.387. The molecule has 0 aliphatic rings. The van der Waals surface area contributed by atoms with E-state index in [0.29, 0.717) is 15.7 Å². The van der Waals surface area contributed by atoms with Crippen molar-refractivity contribution in [2.24, 2.45) is 0 Å². The first kappa shape index (κ1) is 14.9. The van der Waals surface area contributed by atoms with Crippen molar-refractivity contribution >= 4 is 28.5 Å². The van der Waals surface area contributed by atoms with E-state index < -0.39 is 0 Å². The first-order valence-corrected chi connectivity index (χ1v) is 7.10. The molecule has 0 aliphatic heterocycles. The zero-order valence-corrected chi connectivity index (χ0v) is 12.7. The van der Waals surface area contributed by atoms with Crippen LogP contribution in [0.5, 0.6) is 0 Å². The van der Waals surface area contributed by atoms with Gasteiger partial charge in [0.25, 0.3) is 5.91 Å². The van der Waals surface area contributed by atoms with Crippen LogP contribution in [0.15, 0.2) is 42.5 Å². The highest BCUT2D eigenvalue weighted by molar-refractivity contribution is 14.1.